The molecule has 0 radical (unpaired) electrons. The van der Waals surface area contributed by atoms with E-state index in [-0.39, 0.29) is 11.4 Å². The minimum Gasteiger partial charge on any atom is -0.468 e. The van der Waals surface area contributed by atoms with Gasteiger partial charge in [0.15, 0.2) is 0 Å². The average Bonchev–Trinajstić information content (AvgIpc) is 3.21. The molecule has 0 atom stereocenters. The van der Waals surface area contributed by atoms with E-state index in [9.17, 15) is 13.2 Å². The van der Waals surface area contributed by atoms with Crippen LogP contribution in [-0.2, 0) is 24.3 Å². The van der Waals surface area contributed by atoms with Crippen molar-refractivity contribution in [1.82, 2.24) is 4.31 Å². The van der Waals surface area contributed by atoms with Gasteiger partial charge in [-0.05, 0) is 31.0 Å². The van der Waals surface area contributed by atoms with Crippen molar-refractivity contribution in [2.24, 2.45) is 0 Å². The van der Waals surface area contributed by atoms with Crippen molar-refractivity contribution < 1.29 is 22.7 Å². The molecule has 2 aliphatic rings. The molecule has 144 valence electrons. The molecular formula is C17H25N3O5S. The molecule has 0 saturated carbocycles. The number of morpholine rings is 1. The Balaban J connectivity index is 1.90. The van der Waals surface area contributed by atoms with E-state index in [0.29, 0.717) is 32.0 Å². The van der Waals surface area contributed by atoms with Crippen LogP contribution in [0.1, 0.15) is 12.8 Å². The molecule has 8 nitrogen and oxygen atoms in total. The highest BCUT2D eigenvalue weighted by Crippen LogP contribution is 2.32. The molecule has 0 amide bonds. The van der Waals surface area contributed by atoms with E-state index in [1.807, 2.05) is 6.07 Å². The summed E-state index contributed by atoms with van der Waals surface area (Å²) in [6, 6.07) is 5.07. The van der Waals surface area contributed by atoms with E-state index < -0.39 is 16.0 Å². The molecular weight excluding hydrogens is 358 g/mol. The molecule has 3 rings (SSSR count). The van der Waals surface area contributed by atoms with Gasteiger partial charge in [0, 0.05) is 26.2 Å². The monoisotopic (exact) mass is 383 g/mol. The van der Waals surface area contributed by atoms with Gasteiger partial charge in [-0.15, -0.1) is 0 Å². The largest absolute Gasteiger partial charge is 0.468 e. The summed E-state index contributed by atoms with van der Waals surface area (Å²) in [6.07, 6.45) is 2.20. The maximum absolute atomic E-state index is 12.9. The van der Waals surface area contributed by atoms with Crippen LogP contribution in [-0.4, -0.2) is 71.7 Å². The number of sulfonamides is 1. The quantitative estimate of drug-likeness (QED) is 0.730. The Morgan fingerprint density at radius 3 is 2.54 bits per heavy atom. The number of carbonyl (C=O) groups excluding carboxylic acids is 1. The molecule has 1 aromatic rings. The number of carbonyl (C=O) groups is 1. The van der Waals surface area contributed by atoms with Gasteiger partial charge in [-0.3, -0.25) is 4.79 Å². The number of ether oxygens (including phenoxy) is 2. The number of anilines is 2. The second kappa shape index (κ2) is 8.24. The first-order chi connectivity index (χ1) is 12.5. The highest BCUT2D eigenvalue weighted by molar-refractivity contribution is 7.89. The summed E-state index contributed by atoms with van der Waals surface area (Å²) < 4.78 is 37.2. The molecule has 2 aliphatic heterocycles. The second-order valence-electron chi connectivity index (χ2n) is 6.32. The summed E-state index contributed by atoms with van der Waals surface area (Å²) in [5, 5.41) is 3.03. The molecule has 1 aromatic carbocycles. The normalized spacial score (nSPS) is 18.7. The first-order valence-electron chi connectivity index (χ1n) is 8.80. The number of hydrogen-bond acceptors (Lipinski definition) is 7. The minimum absolute atomic E-state index is 0.0155. The van der Waals surface area contributed by atoms with E-state index in [4.69, 9.17) is 4.74 Å². The van der Waals surface area contributed by atoms with Crippen molar-refractivity contribution >= 4 is 27.4 Å². The summed E-state index contributed by atoms with van der Waals surface area (Å²) in [5.41, 5.74) is 1.54. The highest BCUT2D eigenvalue weighted by atomic mass is 32.2. The zero-order valence-electron chi connectivity index (χ0n) is 14.9. The lowest BCUT2D eigenvalue weighted by atomic mass is 10.2. The van der Waals surface area contributed by atoms with E-state index in [0.717, 1.165) is 31.6 Å². The Morgan fingerprint density at radius 2 is 1.88 bits per heavy atom. The molecule has 26 heavy (non-hydrogen) atoms. The Hall–Kier alpha value is -1.84. The van der Waals surface area contributed by atoms with Crippen molar-refractivity contribution in [3.8, 4) is 0 Å². The van der Waals surface area contributed by atoms with E-state index in [1.165, 1.54) is 11.4 Å². The Kier molecular flexibility index (Phi) is 6.00. The Morgan fingerprint density at radius 1 is 1.19 bits per heavy atom. The summed E-state index contributed by atoms with van der Waals surface area (Å²) in [4.78, 5) is 13.9. The van der Waals surface area contributed by atoms with Gasteiger partial charge in [0.1, 0.15) is 6.54 Å². The SMILES string of the molecule is COC(=O)CNc1cc(S(=O)(=O)N2CCOCC2)ccc1N1CCCC1. The Labute approximate surface area is 154 Å². The zero-order chi connectivity index (χ0) is 18.6. The van der Waals surface area contributed by atoms with Gasteiger partial charge in [0.2, 0.25) is 10.0 Å². The van der Waals surface area contributed by atoms with E-state index >= 15 is 0 Å². The fourth-order valence-electron chi connectivity index (χ4n) is 3.23. The molecule has 9 heteroatoms. The average molecular weight is 383 g/mol. The van der Waals surface area contributed by atoms with E-state index in [1.54, 1.807) is 12.1 Å². The van der Waals surface area contributed by atoms with Gasteiger partial charge < -0.3 is 19.7 Å². The van der Waals surface area contributed by atoms with Crippen LogP contribution in [0.3, 0.4) is 0 Å². The van der Waals surface area contributed by atoms with Crippen LogP contribution < -0.4 is 10.2 Å². The van der Waals surface area contributed by atoms with Crippen LogP contribution in [0.5, 0.6) is 0 Å². The predicted molar refractivity (Wildman–Crippen MR) is 98.0 cm³/mol. The van der Waals surface area contributed by atoms with Crippen LogP contribution in [0.2, 0.25) is 0 Å². The molecule has 0 bridgehead atoms. The molecule has 0 spiro atoms. The number of esters is 1. The maximum atomic E-state index is 12.9. The van der Waals surface area contributed by atoms with Crippen LogP contribution in [0.25, 0.3) is 0 Å². The smallest absolute Gasteiger partial charge is 0.325 e. The molecule has 2 heterocycles. The molecule has 0 aromatic heterocycles. The summed E-state index contributed by atoms with van der Waals surface area (Å²) in [7, 11) is -2.27. The topological polar surface area (TPSA) is 88.2 Å². The van der Waals surface area contributed by atoms with Gasteiger partial charge in [0.25, 0.3) is 0 Å². The lowest BCUT2D eigenvalue weighted by Crippen LogP contribution is -2.40. The minimum atomic E-state index is -3.59. The standard InChI is InChI=1S/C17H25N3O5S/c1-24-17(21)13-18-15-12-14(4-5-16(15)19-6-2-3-7-19)26(22,23)20-8-10-25-11-9-20/h4-5,12,18H,2-3,6-11,13H2,1H3. The number of hydrogen-bond donors (Lipinski definition) is 1. The fraction of sp³-hybridized carbons (Fsp3) is 0.588. The number of methoxy groups -OCH3 is 1. The molecule has 2 fully saturated rings. The summed E-state index contributed by atoms with van der Waals surface area (Å²) in [6.45, 7) is 3.32. The molecule has 1 N–H and O–H groups in total. The number of nitrogens with zero attached hydrogens (tertiary/aromatic N) is 2. The van der Waals surface area contributed by atoms with Crippen LogP contribution in [0.4, 0.5) is 11.4 Å². The van der Waals surface area contributed by atoms with Crippen molar-refractivity contribution in [1.29, 1.82) is 0 Å². The predicted octanol–water partition coefficient (Wildman–Crippen LogP) is 0.893. The van der Waals surface area contributed by atoms with Crippen molar-refractivity contribution in [3.63, 3.8) is 0 Å². The van der Waals surface area contributed by atoms with Gasteiger partial charge in [0.05, 0.1) is 36.6 Å². The Bertz CT molecular complexity index is 741. The number of nitrogens with one attached hydrogen (secondary N) is 1. The lowest BCUT2D eigenvalue weighted by molar-refractivity contribution is -0.138. The molecule has 2 saturated heterocycles. The summed E-state index contributed by atoms with van der Waals surface area (Å²) in [5.74, 6) is -0.404. The first kappa shape index (κ1) is 18.9. The van der Waals surface area contributed by atoms with Crippen LogP contribution in [0, 0.1) is 0 Å². The van der Waals surface area contributed by atoms with Gasteiger partial charge in [-0.2, -0.15) is 4.31 Å². The molecule has 0 aliphatic carbocycles. The molecule has 0 unspecified atom stereocenters. The third kappa shape index (κ3) is 4.11. The zero-order valence-corrected chi connectivity index (χ0v) is 15.8. The van der Waals surface area contributed by atoms with E-state index in [2.05, 4.69) is 15.0 Å². The van der Waals surface area contributed by atoms with Gasteiger partial charge >= 0.3 is 5.97 Å². The van der Waals surface area contributed by atoms with Crippen LogP contribution in [0.15, 0.2) is 23.1 Å². The second-order valence-corrected chi connectivity index (χ2v) is 8.26. The van der Waals surface area contributed by atoms with Crippen LogP contribution >= 0.6 is 0 Å². The maximum Gasteiger partial charge on any atom is 0.325 e. The lowest BCUT2D eigenvalue weighted by Gasteiger charge is -2.27. The van der Waals surface area contributed by atoms with Gasteiger partial charge in [-0.1, -0.05) is 0 Å². The van der Waals surface area contributed by atoms with Crippen molar-refractivity contribution in [2.75, 3.05) is 63.3 Å². The third-order valence-corrected chi connectivity index (χ3v) is 6.57. The number of benzene rings is 1. The summed E-state index contributed by atoms with van der Waals surface area (Å²) >= 11 is 0. The van der Waals surface area contributed by atoms with Gasteiger partial charge in [-0.25, -0.2) is 8.42 Å². The van der Waals surface area contributed by atoms with Crippen molar-refractivity contribution in [2.45, 2.75) is 17.7 Å². The first-order valence-corrected chi connectivity index (χ1v) is 10.2. The van der Waals surface area contributed by atoms with Crippen molar-refractivity contribution in [3.05, 3.63) is 18.2 Å². The highest BCUT2D eigenvalue weighted by Gasteiger charge is 2.27. The number of rotatable bonds is 6. The third-order valence-electron chi connectivity index (χ3n) is 4.67. The fourth-order valence-corrected chi connectivity index (χ4v) is 4.66.